The number of aliphatic hydroxyl groups excluding tert-OH is 1. The zero-order valence-corrected chi connectivity index (χ0v) is 8.74. The van der Waals surface area contributed by atoms with Crippen molar-refractivity contribution in [2.24, 2.45) is 0 Å². The number of aliphatic hydroxyl groups is 1. The van der Waals surface area contributed by atoms with E-state index >= 15 is 0 Å². The van der Waals surface area contributed by atoms with E-state index in [2.05, 4.69) is 11.7 Å². The molecule has 0 aromatic carbocycles. The van der Waals surface area contributed by atoms with Gasteiger partial charge in [0.15, 0.2) is 6.29 Å². The van der Waals surface area contributed by atoms with Crippen molar-refractivity contribution in [3.63, 3.8) is 0 Å². The Morgan fingerprint density at radius 1 is 1.29 bits per heavy atom. The maximum atomic E-state index is 10.1. The van der Waals surface area contributed by atoms with Gasteiger partial charge < -0.3 is 14.9 Å². The summed E-state index contributed by atoms with van der Waals surface area (Å²) in [5, 5.41) is 17.4. The van der Waals surface area contributed by atoms with Gasteiger partial charge in [-0.2, -0.15) is 0 Å². The van der Waals surface area contributed by atoms with Crippen LogP contribution in [0.1, 0.15) is 45.4 Å². The molecule has 0 aromatic heterocycles. The lowest BCUT2D eigenvalue weighted by molar-refractivity contribution is -0.157. The highest BCUT2D eigenvalue weighted by atomic mass is 16.6. The predicted octanol–water partition coefficient (Wildman–Crippen LogP) is 1.77. The molecule has 0 aliphatic rings. The van der Waals surface area contributed by atoms with E-state index in [9.17, 15) is 4.79 Å². The second-order valence-electron chi connectivity index (χ2n) is 3.36. The van der Waals surface area contributed by atoms with E-state index in [1.807, 2.05) is 0 Å². The van der Waals surface area contributed by atoms with E-state index in [1.54, 1.807) is 0 Å². The molecular weight excluding hydrogens is 184 g/mol. The highest BCUT2D eigenvalue weighted by Crippen LogP contribution is 2.07. The first-order valence-corrected chi connectivity index (χ1v) is 5.18. The summed E-state index contributed by atoms with van der Waals surface area (Å²) in [6.07, 6.45) is 5.14. The maximum Gasteiger partial charge on any atom is 0.329 e. The third-order valence-corrected chi connectivity index (χ3v) is 1.95. The molecule has 0 saturated carbocycles. The Morgan fingerprint density at radius 2 is 1.93 bits per heavy atom. The van der Waals surface area contributed by atoms with Gasteiger partial charge in [0.25, 0.3) is 0 Å². The molecular formula is C10H20O4. The SMILES string of the molecule is CCCCCCCC(O)OCC(=O)O. The lowest BCUT2D eigenvalue weighted by atomic mass is 10.1. The normalized spacial score (nSPS) is 12.7. The van der Waals surface area contributed by atoms with Crippen LogP contribution in [0.5, 0.6) is 0 Å². The number of carbonyl (C=O) groups is 1. The fourth-order valence-electron chi connectivity index (χ4n) is 1.17. The van der Waals surface area contributed by atoms with Crippen molar-refractivity contribution in [1.82, 2.24) is 0 Å². The number of hydrogen-bond donors (Lipinski definition) is 2. The standard InChI is InChI=1S/C10H20O4/c1-2-3-4-5-6-7-10(13)14-8-9(11)12/h10,13H,2-8H2,1H3,(H,11,12). The molecule has 84 valence electrons. The Bertz CT molecular complexity index is 147. The predicted molar refractivity (Wildman–Crippen MR) is 53.0 cm³/mol. The smallest absolute Gasteiger partial charge is 0.329 e. The maximum absolute atomic E-state index is 10.1. The highest BCUT2D eigenvalue weighted by Gasteiger charge is 2.05. The van der Waals surface area contributed by atoms with Crippen LogP contribution < -0.4 is 0 Å². The summed E-state index contributed by atoms with van der Waals surface area (Å²) in [5.74, 6) is -1.05. The summed E-state index contributed by atoms with van der Waals surface area (Å²) in [4.78, 5) is 10.1. The van der Waals surface area contributed by atoms with Gasteiger partial charge in [0, 0.05) is 0 Å². The zero-order chi connectivity index (χ0) is 10.8. The van der Waals surface area contributed by atoms with Gasteiger partial charge in [-0.3, -0.25) is 0 Å². The summed E-state index contributed by atoms with van der Waals surface area (Å²) in [6.45, 7) is 1.72. The molecule has 0 radical (unpaired) electrons. The number of carboxylic acid groups (broad SMARTS) is 1. The molecule has 0 fully saturated rings. The number of aliphatic carboxylic acids is 1. The first-order valence-electron chi connectivity index (χ1n) is 5.18. The number of unbranched alkanes of at least 4 members (excludes halogenated alkanes) is 4. The molecule has 0 rings (SSSR count). The quantitative estimate of drug-likeness (QED) is 0.443. The molecule has 0 saturated heterocycles. The minimum atomic E-state index is -1.05. The molecule has 1 unspecified atom stereocenters. The molecule has 0 aromatic rings. The van der Waals surface area contributed by atoms with Gasteiger partial charge >= 0.3 is 5.97 Å². The number of ether oxygens (including phenoxy) is 1. The Morgan fingerprint density at radius 3 is 2.50 bits per heavy atom. The highest BCUT2D eigenvalue weighted by molar-refractivity contribution is 5.67. The lowest BCUT2D eigenvalue weighted by Crippen LogP contribution is -2.17. The van der Waals surface area contributed by atoms with Crippen LogP contribution in [0.2, 0.25) is 0 Å². The van der Waals surface area contributed by atoms with Gasteiger partial charge in [-0.15, -0.1) is 0 Å². The molecule has 4 heteroatoms. The van der Waals surface area contributed by atoms with E-state index in [0.29, 0.717) is 6.42 Å². The Hall–Kier alpha value is -0.610. The van der Waals surface area contributed by atoms with Gasteiger partial charge in [-0.1, -0.05) is 32.6 Å². The van der Waals surface area contributed by atoms with Crippen LogP contribution in [0.4, 0.5) is 0 Å². The molecule has 0 amide bonds. The molecule has 1 atom stereocenters. The average Bonchev–Trinajstić information content (AvgIpc) is 2.14. The zero-order valence-electron chi connectivity index (χ0n) is 8.74. The Kier molecular flexibility index (Phi) is 8.57. The van der Waals surface area contributed by atoms with Crippen molar-refractivity contribution in [2.75, 3.05) is 6.61 Å². The third-order valence-electron chi connectivity index (χ3n) is 1.95. The average molecular weight is 204 g/mol. The van der Waals surface area contributed by atoms with Crippen LogP contribution in [0.15, 0.2) is 0 Å². The molecule has 0 heterocycles. The minimum absolute atomic E-state index is 0.421. The van der Waals surface area contributed by atoms with E-state index in [1.165, 1.54) is 19.3 Å². The van der Waals surface area contributed by atoms with Crippen molar-refractivity contribution in [1.29, 1.82) is 0 Å². The van der Waals surface area contributed by atoms with Crippen LogP contribution in [0.3, 0.4) is 0 Å². The fraction of sp³-hybridized carbons (Fsp3) is 0.900. The lowest BCUT2D eigenvalue weighted by Gasteiger charge is -2.09. The number of rotatable bonds is 9. The van der Waals surface area contributed by atoms with Gasteiger partial charge in [-0.25, -0.2) is 4.79 Å². The number of carboxylic acids is 1. The summed E-state index contributed by atoms with van der Waals surface area (Å²) in [6, 6.07) is 0. The van der Waals surface area contributed by atoms with Crippen molar-refractivity contribution in [3.05, 3.63) is 0 Å². The van der Waals surface area contributed by atoms with Crippen molar-refractivity contribution in [2.45, 2.75) is 51.7 Å². The molecule has 0 spiro atoms. The summed E-state index contributed by atoms with van der Waals surface area (Å²) >= 11 is 0. The van der Waals surface area contributed by atoms with Crippen LogP contribution in [0.25, 0.3) is 0 Å². The second-order valence-corrected chi connectivity index (χ2v) is 3.36. The van der Waals surface area contributed by atoms with Crippen LogP contribution >= 0.6 is 0 Å². The first-order chi connectivity index (χ1) is 6.66. The van der Waals surface area contributed by atoms with E-state index in [4.69, 9.17) is 10.2 Å². The summed E-state index contributed by atoms with van der Waals surface area (Å²) < 4.78 is 4.67. The summed E-state index contributed by atoms with van der Waals surface area (Å²) in [5.41, 5.74) is 0. The molecule has 4 nitrogen and oxygen atoms in total. The molecule has 14 heavy (non-hydrogen) atoms. The third kappa shape index (κ3) is 9.48. The van der Waals surface area contributed by atoms with Gasteiger partial charge in [0.1, 0.15) is 6.61 Å². The number of hydrogen-bond acceptors (Lipinski definition) is 3. The first kappa shape index (κ1) is 13.4. The second kappa shape index (κ2) is 8.97. The molecule has 0 aliphatic carbocycles. The van der Waals surface area contributed by atoms with Crippen molar-refractivity contribution < 1.29 is 19.7 Å². The van der Waals surface area contributed by atoms with Gasteiger partial charge in [-0.05, 0) is 12.8 Å². The minimum Gasteiger partial charge on any atom is -0.480 e. The van der Waals surface area contributed by atoms with Gasteiger partial charge in [0.05, 0.1) is 0 Å². The van der Waals surface area contributed by atoms with Crippen molar-refractivity contribution in [3.8, 4) is 0 Å². The monoisotopic (exact) mass is 204 g/mol. The molecule has 0 bridgehead atoms. The summed E-state index contributed by atoms with van der Waals surface area (Å²) in [7, 11) is 0. The topological polar surface area (TPSA) is 66.8 Å². The van der Waals surface area contributed by atoms with Gasteiger partial charge in [0.2, 0.25) is 0 Å². The van der Waals surface area contributed by atoms with E-state index < -0.39 is 18.9 Å². The fourth-order valence-corrected chi connectivity index (χ4v) is 1.17. The molecule has 2 N–H and O–H groups in total. The Balaban J connectivity index is 3.18. The largest absolute Gasteiger partial charge is 0.480 e. The van der Waals surface area contributed by atoms with Crippen LogP contribution in [-0.4, -0.2) is 29.1 Å². The van der Waals surface area contributed by atoms with Crippen LogP contribution in [-0.2, 0) is 9.53 Å². The van der Waals surface area contributed by atoms with E-state index in [-0.39, 0.29) is 0 Å². The molecule has 0 aliphatic heterocycles. The van der Waals surface area contributed by atoms with E-state index in [0.717, 1.165) is 12.8 Å². The Labute approximate surface area is 84.9 Å². The van der Waals surface area contributed by atoms with Crippen LogP contribution in [0, 0.1) is 0 Å². The van der Waals surface area contributed by atoms with Crippen molar-refractivity contribution >= 4 is 5.97 Å².